The van der Waals surface area contributed by atoms with Crippen LogP contribution in [0.3, 0.4) is 0 Å². The Morgan fingerprint density at radius 1 is 0.893 bits per heavy atom. The molecule has 6 heteroatoms. The number of hydrogen-bond acceptors (Lipinski definition) is 5. The Morgan fingerprint density at radius 2 is 1.46 bits per heavy atom. The van der Waals surface area contributed by atoms with E-state index < -0.39 is 0 Å². The molecule has 2 rings (SSSR count). The van der Waals surface area contributed by atoms with Gasteiger partial charge in [-0.1, -0.05) is 13.8 Å². The van der Waals surface area contributed by atoms with Crippen LogP contribution >= 0.6 is 0 Å². The van der Waals surface area contributed by atoms with E-state index in [0.717, 1.165) is 22.4 Å². The van der Waals surface area contributed by atoms with Gasteiger partial charge < -0.3 is 24.3 Å². The van der Waals surface area contributed by atoms with Crippen molar-refractivity contribution in [2.75, 3.05) is 28.4 Å². The smallest absolute Gasteiger partial charge is 0.251 e. The topological polar surface area (TPSA) is 66.0 Å². The SMILES string of the molecule is COc1cc(C)c(C(=O)NCc2cc(OC)c(OC)c(OC)c2)cc1C(C)C. The Labute approximate surface area is 166 Å². The van der Waals surface area contributed by atoms with Gasteiger partial charge in [0.15, 0.2) is 11.5 Å². The molecule has 0 saturated heterocycles. The third-order valence-electron chi connectivity index (χ3n) is 4.62. The summed E-state index contributed by atoms with van der Waals surface area (Å²) in [4.78, 5) is 12.8. The van der Waals surface area contributed by atoms with Crippen LogP contribution in [0.15, 0.2) is 24.3 Å². The maximum Gasteiger partial charge on any atom is 0.251 e. The highest BCUT2D eigenvalue weighted by Crippen LogP contribution is 2.38. The zero-order valence-corrected chi connectivity index (χ0v) is 17.6. The average molecular weight is 387 g/mol. The maximum atomic E-state index is 12.8. The number of rotatable bonds is 8. The molecule has 2 aromatic carbocycles. The standard InChI is InChI=1S/C22H29NO5/c1-13(2)16-11-17(14(3)8-18(16)25-4)22(24)23-12-15-9-19(26-5)21(28-7)20(10-15)27-6/h8-11,13H,12H2,1-7H3,(H,23,24). The maximum absolute atomic E-state index is 12.8. The minimum Gasteiger partial charge on any atom is -0.496 e. The van der Waals surface area contributed by atoms with Gasteiger partial charge in [0.1, 0.15) is 5.75 Å². The summed E-state index contributed by atoms with van der Waals surface area (Å²) in [7, 11) is 6.33. The molecule has 0 aliphatic rings. The van der Waals surface area contributed by atoms with Crippen LogP contribution in [0.1, 0.15) is 46.8 Å². The van der Waals surface area contributed by atoms with Gasteiger partial charge in [-0.25, -0.2) is 0 Å². The Bertz CT molecular complexity index is 820. The van der Waals surface area contributed by atoms with Crippen LogP contribution in [0, 0.1) is 6.92 Å². The number of aryl methyl sites for hydroxylation is 1. The van der Waals surface area contributed by atoms with Gasteiger partial charge in [-0.3, -0.25) is 4.79 Å². The Hall–Kier alpha value is -2.89. The van der Waals surface area contributed by atoms with Gasteiger partial charge in [-0.2, -0.15) is 0 Å². The molecule has 0 spiro atoms. The van der Waals surface area contributed by atoms with E-state index in [1.807, 2.05) is 31.2 Å². The lowest BCUT2D eigenvalue weighted by atomic mass is 9.96. The summed E-state index contributed by atoms with van der Waals surface area (Å²) in [5.41, 5.74) is 3.35. The molecule has 0 saturated carbocycles. The largest absolute Gasteiger partial charge is 0.496 e. The molecular weight excluding hydrogens is 358 g/mol. The highest BCUT2D eigenvalue weighted by atomic mass is 16.5. The molecule has 0 aliphatic carbocycles. The number of benzene rings is 2. The number of nitrogens with one attached hydrogen (secondary N) is 1. The third-order valence-corrected chi connectivity index (χ3v) is 4.62. The highest BCUT2D eigenvalue weighted by Gasteiger charge is 2.17. The molecular formula is C22H29NO5. The molecule has 6 nitrogen and oxygen atoms in total. The fourth-order valence-corrected chi connectivity index (χ4v) is 3.09. The fraction of sp³-hybridized carbons (Fsp3) is 0.409. The van der Waals surface area contributed by atoms with Gasteiger partial charge in [-0.15, -0.1) is 0 Å². The molecule has 28 heavy (non-hydrogen) atoms. The quantitative estimate of drug-likeness (QED) is 0.739. The Morgan fingerprint density at radius 3 is 1.93 bits per heavy atom. The number of carbonyl (C=O) groups is 1. The minimum atomic E-state index is -0.143. The molecule has 0 atom stereocenters. The van der Waals surface area contributed by atoms with Crippen molar-refractivity contribution in [2.45, 2.75) is 33.2 Å². The van der Waals surface area contributed by atoms with E-state index in [1.165, 1.54) is 0 Å². The number of methoxy groups -OCH3 is 4. The van der Waals surface area contributed by atoms with Gasteiger partial charge in [0, 0.05) is 12.1 Å². The van der Waals surface area contributed by atoms with Crippen molar-refractivity contribution in [1.82, 2.24) is 5.32 Å². The minimum absolute atomic E-state index is 0.143. The monoisotopic (exact) mass is 387 g/mol. The van der Waals surface area contributed by atoms with Gasteiger partial charge in [0.05, 0.1) is 28.4 Å². The van der Waals surface area contributed by atoms with Crippen molar-refractivity contribution in [1.29, 1.82) is 0 Å². The van der Waals surface area contributed by atoms with Crippen molar-refractivity contribution in [2.24, 2.45) is 0 Å². The first-order chi connectivity index (χ1) is 13.4. The summed E-state index contributed by atoms with van der Waals surface area (Å²) in [5, 5.41) is 2.97. The van der Waals surface area contributed by atoms with Crippen LogP contribution < -0.4 is 24.3 Å². The molecule has 0 bridgehead atoms. The van der Waals surface area contributed by atoms with E-state index in [2.05, 4.69) is 19.2 Å². The summed E-state index contributed by atoms with van der Waals surface area (Å²) < 4.78 is 21.5. The van der Waals surface area contributed by atoms with E-state index in [4.69, 9.17) is 18.9 Å². The lowest BCUT2D eigenvalue weighted by Gasteiger charge is -2.17. The first-order valence-electron chi connectivity index (χ1n) is 9.11. The molecule has 0 unspecified atom stereocenters. The van der Waals surface area contributed by atoms with E-state index >= 15 is 0 Å². The molecule has 2 aromatic rings. The molecule has 1 N–H and O–H groups in total. The summed E-state index contributed by atoms with van der Waals surface area (Å²) in [6.07, 6.45) is 0. The molecule has 0 fully saturated rings. The first-order valence-corrected chi connectivity index (χ1v) is 9.11. The number of hydrogen-bond donors (Lipinski definition) is 1. The molecule has 152 valence electrons. The zero-order valence-electron chi connectivity index (χ0n) is 17.6. The van der Waals surface area contributed by atoms with Gasteiger partial charge in [0.2, 0.25) is 5.75 Å². The summed E-state index contributed by atoms with van der Waals surface area (Å²) >= 11 is 0. The summed E-state index contributed by atoms with van der Waals surface area (Å²) in [6, 6.07) is 7.46. The molecule has 1 amide bonds. The van der Waals surface area contributed by atoms with E-state index in [1.54, 1.807) is 28.4 Å². The number of amides is 1. The molecule has 0 heterocycles. The van der Waals surface area contributed by atoms with Crippen molar-refractivity contribution < 1.29 is 23.7 Å². The Balaban J connectivity index is 2.26. The summed E-state index contributed by atoms with van der Waals surface area (Å²) in [5.74, 6) is 2.52. The lowest BCUT2D eigenvalue weighted by molar-refractivity contribution is 0.0950. The van der Waals surface area contributed by atoms with Gasteiger partial charge >= 0.3 is 0 Å². The second kappa shape index (κ2) is 9.35. The van der Waals surface area contributed by atoms with Crippen molar-refractivity contribution >= 4 is 5.91 Å². The number of carbonyl (C=O) groups excluding carboxylic acids is 1. The van der Waals surface area contributed by atoms with E-state index in [9.17, 15) is 4.79 Å². The molecule has 0 radical (unpaired) electrons. The summed E-state index contributed by atoms with van der Waals surface area (Å²) in [6.45, 7) is 6.38. The molecule has 0 aliphatic heterocycles. The predicted octanol–water partition coefficient (Wildman–Crippen LogP) is 4.08. The predicted molar refractivity (Wildman–Crippen MR) is 109 cm³/mol. The van der Waals surface area contributed by atoms with Gasteiger partial charge in [0.25, 0.3) is 5.91 Å². The van der Waals surface area contributed by atoms with Crippen LogP contribution in [0.2, 0.25) is 0 Å². The zero-order chi connectivity index (χ0) is 20.8. The molecule has 0 aromatic heterocycles. The van der Waals surface area contributed by atoms with E-state index in [-0.39, 0.29) is 11.8 Å². The van der Waals surface area contributed by atoms with Crippen LogP contribution in [-0.4, -0.2) is 34.3 Å². The van der Waals surface area contributed by atoms with Crippen LogP contribution in [-0.2, 0) is 6.54 Å². The Kier molecular flexibility index (Phi) is 7.15. The van der Waals surface area contributed by atoms with Crippen LogP contribution in [0.25, 0.3) is 0 Å². The van der Waals surface area contributed by atoms with Crippen molar-refractivity contribution in [3.63, 3.8) is 0 Å². The van der Waals surface area contributed by atoms with Crippen LogP contribution in [0.5, 0.6) is 23.0 Å². The third kappa shape index (κ3) is 4.50. The van der Waals surface area contributed by atoms with Crippen molar-refractivity contribution in [3.8, 4) is 23.0 Å². The van der Waals surface area contributed by atoms with Gasteiger partial charge in [-0.05, 0) is 53.8 Å². The second-order valence-electron chi connectivity index (χ2n) is 6.78. The normalized spacial score (nSPS) is 10.6. The second-order valence-corrected chi connectivity index (χ2v) is 6.78. The first kappa shape index (κ1) is 21.4. The number of ether oxygens (including phenoxy) is 4. The highest BCUT2D eigenvalue weighted by molar-refractivity contribution is 5.96. The van der Waals surface area contributed by atoms with Crippen molar-refractivity contribution in [3.05, 3.63) is 46.5 Å². The van der Waals surface area contributed by atoms with E-state index in [0.29, 0.717) is 29.4 Å². The van der Waals surface area contributed by atoms with Crippen LogP contribution in [0.4, 0.5) is 0 Å². The lowest BCUT2D eigenvalue weighted by Crippen LogP contribution is -2.24. The average Bonchev–Trinajstić information content (AvgIpc) is 2.70. The fourth-order valence-electron chi connectivity index (χ4n) is 3.09.